The van der Waals surface area contributed by atoms with Gasteiger partial charge >= 0.3 is 5.97 Å². The topological polar surface area (TPSA) is 79.6 Å². The Labute approximate surface area is 123 Å². The van der Waals surface area contributed by atoms with Crippen LogP contribution in [0.25, 0.3) is 0 Å². The monoisotopic (exact) mass is 287 g/mol. The van der Waals surface area contributed by atoms with E-state index in [2.05, 4.69) is 0 Å². The van der Waals surface area contributed by atoms with E-state index >= 15 is 0 Å². The van der Waals surface area contributed by atoms with Crippen LogP contribution in [0.2, 0.25) is 0 Å². The Balaban J connectivity index is 2.20. The molecule has 0 spiro atoms. The van der Waals surface area contributed by atoms with Crippen LogP contribution in [0.4, 0.5) is 0 Å². The first-order chi connectivity index (χ1) is 9.82. The minimum absolute atomic E-state index is 0.383. The summed E-state index contributed by atoms with van der Waals surface area (Å²) in [6, 6.07) is 8.67. The average molecular weight is 287 g/mol. The first-order valence-electron chi connectivity index (χ1n) is 6.64. The molecule has 1 aromatic carbocycles. The fourth-order valence-electron chi connectivity index (χ4n) is 2.15. The van der Waals surface area contributed by atoms with Gasteiger partial charge in [0.15, 0.2) is 0 Å². The number of rotatable bonds is 3. The summed E-state index contributed by atoms with van der Waals surface area (Å²) in [4.78, 5) is 11.5. The van der Waals surface area contributed by atoms with Crippen molar-refractivity contribution in [3.05, 3.63) is 47.2 Å². The van der Waals surface area contributed by atoms with Crippen molar-refractivity contribution < 1.29 is 19.4 Å². The van der Waals surface area contributed by atoms with Gasteiger partial charge in [0.1, 0.15) is 5.76 Å². The summed E-state index contributed by atoms with van der Waals surface area (Å²) >= 11 is 0. The van der Waals surface area contributed by atoms with Crippen molar-refractivity contribution in [2.45, 2.75) is 32.7 Å². The van der Waals surface area contributed by atoms with E-state index in [9.17, 15) is 9.90 Å². The van der Waals surface area contributed by atoms with Gasteiger partial charge in [0.25, 0.3) is 0 Å². The van der Waals surface area contributed by atoms with Crippen molar-refractivity contribution in [3.8, 4) is 6.07 Å². The maximum Gasteiger partial charge on any atom is 0.337 e. The summed E-state index contributed by atoms with van der Waals surface area (Å²) in [5.41, 5.74) is 1.18. The SMILES string of the molecule is CC(C1=CC(=O)OC(C)(C)O1)C(O)c1ccc(C#N)cc1. The van der Waals surface area contributed by atoms with Crippen LogP contribution in [-0.2, 0) is 14.3 Å². The third-order valence-corrected chi connectivity index (χ3v) is 3.27. The molecule has 2 unspecified atom stereocenters. The molecule has 0 saturated carbocycles. The molecule has 2 rings (SSSR count). The Kier molecular flexibility index (Phi) is 4.01. The van der Waals surface area contributed by atoms with Gasteiger partial charge in [-0.15, -0.1) is 0 Å². The minimum Gasteiger partial charge on any atom is -0.456 e. The van der Waals surface area contributed by atoms with Crippen molar-refractivity contribution in [2.24, 2.45) is 5.92 Å². The Morgan fingerprint density at radius 1 is 1.24 bits per heavy atom. The van der Waals surface area contributed by atoms with Gasteiger partial charge in [-0.1, -0.05) is 19.1 Å². The lowest BCUT2D eigenvalue weighted by Gasteiger charge is -2.34. The number of carbonyl (C=O) groups excluding carboxylic acids is 1. The van der Waals surface area contributed by atoms with Crippen LogP contribution in [0, 0.1) is 17.2 Å². The van der Waals surface area contributed by atoms with Gasteiger partial charge in [-0.3, -0.25) is 0 Å². The predicted molar refractivity (Wildman–Crippen MR) is 74.6 cm³/mol. The van der Waals surface area contributed by atoms with Crippen LogP contribution in [0.1, 0.15) is 38.0 Å². The molecule has 5 heteroatoms. The highest BCUT2D eigenvalue weighted by molar-refractivity contribution is 5.83. The van der Waals surface area contributed by atoms with E-state index < -0.39 is 23.8 Å². The number of aliphatic hydroxyl groups is 1. The molecule has 0 aromatic heterocycles. The molecule has 1 heterocycles. The summed E-state index contributed by atoms with van der Waals surface area (Å²) in [5.74, 6) is -1.56. The number of esters is 1. The average Bonchev–Trinajstić information content (AvgIpc) is 2.43. The van der Waals surface area contributed by atoms with Gasteiger partial charge in [-0.2, -0.15) is 5.26 Å². The molecule has 110 valence electrons. The second kappa shape index (κ2) is 5.58. The summed E-state index contributed by atoms with van der Waals surface area (Å²) in [7, 11) is 0. The first kappa shape index (κ1) is 15.1. The number of cyclic esters (lactones) is 1. The van der Waals surface area contributed by atoms with E-state index in [-0.39, 0.29) is 0 Å². The maximum atomic E-state index is 11.5. The van der Waals surface area contributed by atoms with Crippen molar-refractivity contribution in [1.29, 1.82) is 5.26 Å². The van der Waals surface area contributed by atoms with Crippen molar-refractivity contribution in [2.75, 3.05) is 0 Å². The predicted octanol–water partition coefficient (Wildman–Crippen LogP) is 2.42. The quantitative estimate of drug-likeness (QED) is 0.864. The van der Waals surface area contributed by atoms with E-state index in [0.717, 1.165) is 0 Å². The van der Waals surface area contributed by atoms with Gasteiger partial charge in [-0.25, -0.2) is 4.79 Å². The van der Waals surface area contributed by atoms with E-state index in [1.807, 2.05) is 6.07 Å². The van der Waals surface area contributed by atoms with Crippen molar-refractivity contribution >= 4 is 5.97 Å². The highest BCUT2D eigenvalue weighted by Crippen LogP contribution is 2.33. The van der Waals surface area contributed by atoms with Gasteiger partial charge in [-0.05, 0) is 17.7 Å². The van der Waals surface area contributed by atoms with Crippen LogP contribution in [-0.4, -0.2) is 16.9 Å². The summed E-state index contributed by atoms with van der Waals surface area (Å²) in [6.45, 7) is 5.04. The molecule has 0 radical (unpaired) electrons. The standard InChI is InChI=1S/C16H17NO4/c1-10(13-8-14(18)21-16(2,3)20-13)15(19)12-6-4-11(9-17)5-7-12/h4-8,10,15,19H,1-3H3. The molecule has 0 amide bonds. The first-order valence-corrected chi connectivity index (χ1v) is 6.64. The van der Waals surface area contributed by atoms with Crippen LogP contribution < -0.4 is 0 Å². The highest BCUT2D eigenvalue weighted by Gasteiger charge is 2.34. The molecular formula is C16H17NO4. The van der Waals surface area contributed by atoms with E-state index in [1.165, 1.54) is 6.08 Å². The zero-order valence-corrected chi connectivity index (χ0v) is 12.2. The lowest BCUT2D eigenvalue weighted by atomic mass is 9.94. The Morgan fingerprint density at radius 3 is 2.38 bits per heavy atom. The third-order valence-electron chi connectivity index (χ3n) is 3.27. The number of benzene rings is 1. The number of hydrogen-bond donors (Lipinski definition) is 1. The molecule has 1 N–H and O–H groups in total. The number of carbonyl (C=O) groups is 1. The Bertz CT molecular complexity index is 610. The van der Waals surface area contributed by atoms with Crippen LogP contribution in [0.3, 0.4) is 0 Å². The van der Waals surface area contributed by atoms with Gasteiger partial charge in [0.05, 0.1) is 23.8 Å². The third kappa shape index (κ3) is 3.41. The molecule has 2 atom stereocenters. The van der Waals surface area contributed by atoms with Crippen LogP contribution in [0.15, 0.2) is 36.1 Å². The highest BCUT2D eigenvalue weighted by atomic mass is 16.7. The fourth-order valence-corrected chi connectivity index (χ4v) is 2.15. The van der Waals surface area contributed by atoms with E-state index in [4.69, 9.17) is 14.7 Å². The van der Waals surface area contributed by atoms with Gasteiger partial charge in [0.2, 0.25) is 5.79 Å². The largest absolute Gasteiger partial charge is 0.456 e. The number of hydrogen-bond acceptors (Lipinski definition) is 5. The van der Waals surface area contributed by atoms with Crippen LogP contribution >= 0.6 is 0 Å². The van der Waals surface area contributed by atoms with Gasteiger partial charge in [0, 0.05) is 19.8 Å². The second-order valence-corrected chi connectivity index (χ2v) is 5.44. The molecular weight excluding hydrogens is 270 g/mol. The molecule has 1 aliphatic heterocycles. The number of nitrogens with zero attached hydrogens (tertiary/aromatic N) is 1. The summed E-state index contributed by atoms with van der Waals surface area (Å²) in [6.07, 6.45) is 0.411. The molecule has 0 bridgehead atoms. The van der Waals surface area contributed by atoms with Gasteiger partial charge < -0.3 is 14.6 Å². The normalized spacial score (nSPS) is 19.6. The molecule has 1 aliphatic rings. The lowest BCUT2D eigenvalue weighted by Crippen LogP contribution is -2.36. The zero-order valence-electron chi connectivity index (χ0n) is 12.2. The number of aliphatic hydroxyl groups excluding tert-OH is 1. The maximum absolute atomic E-state index is 11.5. The lowest BCUT2D eigenvalue weighted by molar-refractivity contribution is -0.209. The smallest absolute Gasteiger partial charge is 0.337 e. The van der Waals surface area contributed by atoms with E-state index in [0.29, 0.717) is 16.9 Å². The van der Waals surface area contributed by atoms with E-state index in [1.54, 1.807) is 45.0 Å². The number of nitriles is 1. The molecule has 5 nitrogen and oxygen atoms in total. The van der Waals surface area contributed by atoms with Crippen molar-refractivity contribution in [1.82, 2.24) is 0 Å². The van der Waals surface area contributed by atoms with Crippen molar-refractivity contribution in [3.63, 3.8) is 0 Å². The summed E-state index contributed by atoms with van der Waals surface area (Å²) in [5, 5.41) is 19.2. The minimum atomic E-state index is -1.04. The molecule has 0 saturated heterocycles. The summed E-state index contributed by atoms with van der Waals surface area (Å²) < 4.78 is 10.6. The zero-order chi connectivity index (χ0) is 15.6. The molecule has 0 fully saturated rings. The Hall–Kier alpha value is -2.32. The van der Waals surface area contributed by atoms with Crippen LogP contribution in [0.5, 0.6) is 0 Å². The Morgan fingerprint density at radius 2 is 1.86 bits per heavy atom. The molecule has 21 heavy (non-hydrogen) atoms. The molecule has 0 aliphatic carbocycles. The molecule has 1 aromatic rings. The fraction of sp³-hybridized carbons (Fsp3) is 0.375. The second-order valence-electron chi connectivity index (χ2n) is 5.44. The number of ether oxygens (including phenoxy) is 2.